The number of pyridine rings is 2. The smallest absolute Gasteiger partial charge is 0.273 e. The van der Waals surface area contributed by atoms with E-state index in [0.717, 1.165) is 11.1 Å². The molecule has 0 fully saturated rings. The van der Waals surface area contributed by atoms with Crippen LogP contribution in [0.5, 0.6) is 0 Å². The van der Waals surface area contributed by atoms with Crippen molar-refractivity contribution in [1.29, 1.82) is 5.26 Å². The number of thiazole rings is 1. The number of nitriles is 1. The highest BCUT2D eigenvalue weighted by atomic mass is 32.2. The summed E-state index contributed by atoms with van der Waals surface area (Å²) in [5, 5.41) is 20.6. The van der Waals surface area contributed by atoms with Gasteiger partial charge in [-0.3, -0.25) is 19.3 Å². The molecule has 1 aromatic carbocycles. The Hall–Kier alpha value is -4.47. The van der Waals surface area contributed by atoms with E-state index in [1.165, 1.54) is 29.2 Å². The Morgan fingerprint density at radius 1 is 1.08 bits per heavy atom. The zero-order valence-corrected chi connectivity index (χ0v) is 22.1. The van der Waals surface area contributed by atoms with Gasteiger partial charge in [0.05, 0.1) is 23.9 Å². The van der Waals surface area contributed by atoms with Crippen molar-refractivity contribution in [3.8, 4) is 23.1 Å². The molecule has 0 unspecified atom stereocenters. The Labute approximate surface area is 232 Å². The molecule has 0 aliphatic heterocycles. The molecule has 9 nitrogen and oxygen atoms in total. The molecule has 0 atom stereocenters. The van der Waals surface area contributed by atoms with Gasteiger partial charge in [0, 0.05) is 48.8 Å². The quantitative estimate of drug-likeness (QED) is 0.217. The molecule has 194 valence electrons. The lowest BCUT2D eigenvalue weighted by Gasteiger charge is -2.20. The number of hydrogen-bond donors (Lipinski definition) is 0. The second kappa shape index (κ2) is 12.4. The van der Waals surface area contributed by atoms with Gasteiger partial charge in [-0.05, 0) is 35.9 Å². The van der Waals surface area contributed by atoms with E-state index in [1.807, 2.05) is 6.07 Å². The Morgan fingerprint density at radius 2 is 1.92 bits per heavy atom. The molecule has 0 spiro atoms. The van der Waals surface area contributed by atoms with Gasteiger partial charge < -0.3 is 4.90 Å². The minimum absolute atomic E-state index is 0.213. The maximum absolute atomic E-state index is 14.8. The van der Waals surface area contributed by atoms with Crippen LogP contribution >= 0.6 is 23.1 Å². The molecule has 0 bridgehead atoms. The number of aromatic nitrogens is 6. The van der Waals surface area contributed by atoms with Crippen molar-refractivity contribution >= 4 is 29.0 Å². The normalized spacial score (nSPS) is 10.8. The minimum atomic E-state index is -0.400. The first kappa shape index (κ1) is 26.1. The predicted octanol–water partition coefficient (Wildman–Crippen LogP) is 5.17. The van der Waals surface area contributed by atoms with Crippen LogP contribution < -0.4 is 0 Å². The molecule has 0 N–H and O–H groups in total. The largest absolute Gasteiger partial charge is 0.332 e. The third-order valence-corrected chi connectivity index (χ3v) is 7.61. The highest BCUT2D eigenvalue weighted by Crippen LogP contribution is 2.31. The molecular weight excluding hydrogens is 535 g/mol. The van der Waals surface area contributed by atoms with Crippen molar-refractivity contribution in [2.24, 2.45) is 0 Å². The maximum atomic E-state index is 14.8. The fourth-order valence-corrected chi connectivity index (χ4v) is 5.55. The van der Waals surface area contributed by atoms with Crippen molar-refractivity contribution in [3.05, 3.63) is 101 Å². The highest BCUT2D eigenvalue weighted by Gasteiger charge is 2.21. The molecule has 39 heavy (non-hydrogen) atoms. The van der Waals surface area contributed by atoms with Crippen LogP contribution in [-0.2, 0) is 12.3 Å². The zero-order valence-electron chi connectivity index (χ0n) is 20.5. The number of amides is 1. The first-order valence-corrected chi connectivity index (χ1v) is 13.7. The first-order valence-electron chi connectivity index (χ1n) is 11.9. The topological polar surface area (TPSA) is 113 Å². The number of thioether (sulfide) groups is 1. The van der Waals surface area contributed by atoms with E-state index < -0.39 is 5.82 Å². The molecule has 4 aromatic heterocycles. The van der Waals surface area contributed by atoms with Crippen LogP contribution in [0.15, 0.2) is 83.9 Å². The SMILES string of the molecule is N#CCCN(Cc1cccnc1)C(=O)c1csc(CSc2nnc(-c3ccncc3)n2-c2ccccc2F)n1. The molecule has 0 saturated heterocycles. The average molecular weight is 557 g/mol. The summed E-state index contributed by atoms with van der Waals surface area (Å²) >= 11 is 2.70. The fraction of sp³-hybridized carbons (Fsp3) is 0.148. The van der Waals surface area contributed by atoms with Crippen molar-refractivity contribution in [1.82, 2.24) is 34.6 Å². The summed E-state index contributed by atoms with van der Waals surface area (Å²) in [5.74, 6) is 0.240. The summed E-state index contributed by atoms with van der Waals surface area (Å²) < 4.78 is 16.5. The van der Waals surface area contributed by atoms with Gasteiger partial charge in [0.1, 0.15) is 16.5 Å². The summed E-state index contributed by atoms with van der Waals surface area (Å²) in [6.45, 7) is 0.620. The molecule has 5 rings (SSSR count). The minimum Gasteiger partial charge on any atom is -0.332 e. The Kier molecular flexibility index (Phi) is 8.30. The number of carbonyl (C=O) groups excluding carboxylic acids is 1. The van der Waals surface area contributed by atoms with Crippen molar-refractivity contribution in [3.63, 3.8) is 0 Å². The second-order valence-corrected chi connectivity index (χ2v) is 10.1. The number of rotatable bonds is 10. The van der Waals surface area contributed by atoms with Gasteiger partial charge in [-0.1, -0.05) is 30.0 Å². The fourth-order valence-electron chi connectivity index (χ4n) is 3.81. The summed E-state index contributed by atoms with van der Waals surface area (Å²) in [4.78, 5) is 27.5. The Balaban J connectivity index is 1.36. The standard InChI is InChI=1S/C27H21FN8OS2/c28-21-6-1-2-7-23(21)36-25(20-8-12-30-13-9-20)33-34-27(36)39-18-24-32-22(17-38-24)26(37)35(14-4-10-29)16-19-5-3-11-31-15-19/h1-3,5-9,11-13,15,17H,4,14,16,18H2. The van der Waals surface area contributed by atoms with Gasteiger partial charge in [0.15, 0.2) is 11.0 Å². The predicted molar refractivity (Wildman–Crippen MR) is 145 cm³/mol. The zero-order chi connectivity index (χ0) is 27.0. The molecule has 0 aliphatic rings. The van der Waals surface area contributed by atoms with Crippen molar-refractivity contribution in [2.45, 2.75) is 23.9 Å². The number of hydrogen-bond acceptors (Lipinski definition) is 9. The number of carbonyl (C=O) groups is 1. The first-order chi connectivity index (χ1) is 19.1. The van der Waals surface area contributed by atoms with E-state index in [2.05, 4.69) is 31.2 Å². The number of benzene rings is 1. The molecular formula is C27H21FN8OS2. The summed E-state index contributed by atoms with van der Waals surface area (Å²) in [7, 11) is 0. The summed E-state index contributed by atoms with van der Waals surface area (Å²) in [6.07, 6.45) is 6.87. The van der Waals surface area contributed by atoms with Gasteiger partial charge in [-0.15, -0.1) is 21.5 Å². The lowest BCUT2D eigenvalue weighted by atomic mass is 10.2. The van der Waals surface area contributed by atoms with Crippen molar-refractivity contribution in [2.75, 3.05) is 6.54 Å². The van der Waals surface area contributed by atoms with Gasteiger partial charge in [0.25, 0.3) is 5.91 Å². The third kappa shape index (κ3) is 6.17. The van der Waals surface area contributed by atoms with Crippen LogP contribution in [0.3, 0.4) is 0 Å². The third-order valence-electron chi connectivity index (χ3n) is 5.64. The van der Waals surface area contributed by atoms with Crippen LogP contribution in [0.25, 0.3) is 17.1 Å². The van der Waals surface area contributed by atoms with E-state index in [0.29, 0.717) is 39.7 Å². The van der Waals surface area contributed by atoms with Crippen LogP contribution in [0.4, 0.5) is 4.39 Å². The van der Waals surface area contributed by atoms with Crippen LogP contribution in [0.1, 0.15) is 27.5 Å². The van der Waals surface area contributed by atoms with Gasteiger partial charge >= 0.3 is 0 Å². The molecule has 1 amide bonds. The lowest BCUT2D eigenvalue weighted by molar-refractivity contribution is 0.0741. The van der Waals surface area contributed by atoms with Crippen molar-refractivity contribution < 1.29 is 9.18 Å². The molecule has 4 heterocycles. The summed E-state index contributed by atoms with van der Waals surface area (Å²) in [6, 6.07) is 15.8. The van der Waals surface area contributed by atoms with Gasteiger partial charge in [0.2, 0.25) is 0 Å². The van der Waals surface area contributed by atoms with Crippen LogP contribution in [0, 0.1) is 17.1 Å². The van der Waals surface area contributed by atoms with E-state index >= 15 is 0 Å². The lowest BCUT2D eigenvalue weighted by Crippen LogP contribution is -2.31. The molecule has 0 aliphatic carbocycles. The maximum Gasteiger partial charge on any atom is 0.273 e. The summed E-state index contributed by atoms with van der Waals surface area (Å²) in [5.41, 5.74) is 2.26. The Morgan fingerprint density at radius 3 is 2.69 bits per heavy atom. The van der Waals surface area contributed by atoms with E-state index in [1.54, 1.807) is 76.0 Å². The second-order valence-electron chi connectivity index (χ2n) is 8.24. The molecule has 0 saturated carbocycles. The van der Waals surface area contributed by atoms with Crippen LogP contribution in [-0.4, -0.2) is 47.1 Å². The van der Waals surface area contributed by atoms with E-state index in [4.69, 9.17) is 5.26 Å². The van der Waals surface area contributed by atoms with E-state index in [9.17, 15) is 9.18 Å². The highest BCUT2D eigenvalue weighted by molar-refractivity contribution is 7.98. The monoisotopic (exact) mass is 556 g/mol. The average Bonchev–Trinajstić information content (AvgIpc) is 3.62. The molecule has 0 radical (unpaired) electrons. The van der Waals surface area contributed by atoms with Gasteiger partial charge in [-0.25, -0.2) is 9.37 Å². The van der Waals surface area contributed by atoms with Gasteiger partial charge in [-0.2, -0.15) is 5.26 Å². The van der Waals surface area contributed by atoms with E-state index in [-0.39, 0.29) is 18.9 Å². The van der Waals surface area contributed by atoms with Crippen LogP contribution in [0.2, 0.25) is 0 Å². The number of para-hydroxylation sites is 1. The number of nitrogens with zero attached hydrogens (tertiary/aromatic N) is 8. The molecule has 5 aromatic rings. The number of halogens is 1. The molecule has 12 heteroatoms. The Bertz CT molecular complexity index is 1600.